The van der Waals surface area contributed by atoms with Gasteiger partial charge in [-0.2, -0.15) is 5.26 Å². The number of aryl methyl sites for hydroxylation is 1. The first-order chi connectivity index (χ1) is 13.2. The van der Waals surface area contributed by atoms with Crippen LogP contribution in [0.3, 0.4) is 0 Å². The second kappa shape index (κ2) is 7.06. The monoisotopic (exact) mass is 372 g/mol. The quantitative estimate of drug-likeness (QED) is 0.484. The second-order valence-electron chi connectivity index (χ2n) is 5.96. The molecule has 27 heavy (non-hydrogen) atoms. The minimum Gasteiger partial charge on any atom is -0.497 e. The largest absolute Gasteiger partial charge is 0.497 e. The lowest BCUT2D eigenvalue weighted by atomic mass is 10.1. The van der Waals surface area contributed by atoms with E-state index in [1.165, 1.54) is 11.3 Å². The van der Waals surface area contributed by atoms with Crippen molar-refractivity contribution >= 4 is 34.0 Å². The predicted molar refractivity (Wildman–Crippen MR) is 108 cm³/mol. The van der Waals surface area contributed by atoms with Gasteiger partial charge in [0.15, 0.2) is 5.82 Å². The van der Waals surface area contributed by atoms with E-state index in [0.717, 1.165) is 33.9 Å². The fourth-order valence-electron chi connectivity index (χ4n) is 2.88. The standard InChI is InChI=1S/C21H16N4OS/c1-25-19-6-4-3-5-17(19)23-20(25)18-13-27-21(24-18)15(12-22)11-14-7-9-16(26-2)10-8-14/h3-11,13H,1-2H3/b15-11+. The van der Waals surface area contributed by atoms with Gasteiger partial charge in [-0.25, -0.2) is 9.97 Å². The van der Waals surface area contributed by atoms with Crippen LogP contribution >= 0.6 is 11.3 Å². The van der Waals surface area contributed by atoms with Gasteiger partial charge in [0.1, 0.15) is 22.5 Å². The fourth-order valence-corrected chi connectivity index (χ4v) is 3.65. The van der Waals surface area contributed by atoms with Crippen molar-refractivity contribution in [2.75, 3.05) is 7.11 Å². The van der Waals surface area contributed by atoms with Crippen molar-refractivity contribution in [3.05, 3.63) is 64.5 Å². The Balaban J connectivity index is 1.70. The smallest absolute Gasteiger partial charge is 0.160 e. The van der Waals surface area contributed by atoms with Gasteiger partial charge in [0.05, 0.1) is 23.7 Å². The number of thiazole rings is 1. The summed E-state index contributed by atoms with van der Waals surface area (Å²) in [7, 11) is 3.60. The number of ether oxygens (including phenoxy) is 1. The number of benzene rings is 2. The van der Waals surface area contributed by atoms with Gasteiger partial charge in [0, 0.05) is 12.4 Å². The van der Waals surface area contributed by atoms with E-state index in [2.05, 4.69) is 16.0 Å². The van der Waals surface area contributed by atoms with Gasteiger partial charge in [-0.15, -0.1) is 11.3 Å². The number of nitrogens with zero attached hydrogens (tertiary/aromatic N) is 4. The number of allylic oxidation sites excluding steroid dienone is 1. The highest BCUT2D eigenvalue weighted by molar-refractivity contribution is 7.11. The Kier molecular flexibility index (Phi) is 4.45. The zero-order chi connectivity index (χ0) is 18.8. The summed E-state index contributed by atoms with van der Waals surface area (Å²) in [5.41, 5.74) is 4.20. The summed E-state index contributed by atoms with van der Waals surface area (Å²) in [5.74, 6) is 1.57. The summed E-state index contributed by atoms with van der Waals surface area (Å²) < 4.78 is 7.19. The molecular formula is C21H16N4OS. The molecule has 0 aliphatic heterocycles. The molecule has 4 rings (SSSR count). The van der Waals surface area contributed by atoms with Crippen molar-refractivity contribution in [1.29, 1.82) is 5.26 Å². The van der Waals surface area contributed by atoms with Gasteiger partial charge in [-0.1, -0.05) is 24.3 Å². The van der Waals surface area contributed by atoms with Crippen LogP contribution in [0.4, 0.5) is 0 Å². The van der Waals surface area contributed by atoms with Crippen LogP contribution < -0.4 is 4.74 Å². The molecular weight excluding hydrogens is 356 g/mol. The Bertz CT molecular complexity index is 1180. The molecule has 0 aliphatic carbocycles. The summed E-state index contributed by atoms with van der Waals surface area (Å²) in [6, 6.07) is 17.8. The van der Waals surface area contributed by atoms with Crippen molar-refractivity contribution in [1.82, 2.24) is 14.5 Å². The van der Waals surface area contributed by atoms with E-state index < -0.39 is 0 Å². The van der Waals surface area contributed by atoms with Crippen LogP contribution in [-0.4, -0.2) is 21.6 Å². The molecule has 0 unspecified atom stereocenters. The second-order valence-corrected chi connectivity index (χ2v) is 6.82. The number of fused-ring (bicyclic) bond motifs is 1. The maximum Gasteiger partial charge on any atom is 0.160 e. The highest BCUT2D eigenvalue weighted by Gasteiger charge is 2.14. The molecule has 0 radical (unpaired) electrons. The van der Waals surface area contributed by atoms with E-state index in [0.29, 0.717) is 10.6 Å². The topological polar surface area (TPSA) is 63.7 Å². The van der Waals surface area contributed by atoms with Gasteiger partial charge in [0.2, 0.25) is 0 Å². The third-order valence-corrected chi connectivity index (χ3v) is 5.17. The number of hydrogen-bond donors (Lipinski definition) is 0. The third-order valence-electron chi connectivity index (χ3n) is 4.30. The first kappa shape index (κ1) is 17.0. The number of imidazole rings is 1. The molecule has 0 atom stereocenters. The number of rotatable bonds is 4. The van der Waals surface area contributed by atoms with Crippen molar-refractivity contribution in [3.8, 4) is 23.3 Å². The minimum absolute atomic E-state index is 0.523. The van der Waals surface area contributed by atoms with Gasteiger partial charge >= 0.3 is 0 Å². The third kappa shape index (κ3) is 3.21. The maximum atomic E-state index is 9.59. The lowest BCUT2D eigenvalue weighted by Crippen LogP contribution is -1.93. The van der Waals surface area contributed by atoms with Crippen LogP contribution in [0.1, 0.15) is 10.6 Å². The number of nitriles is 1. The van der Waals surface area contributed by atoms with Gasteiger partial charge in [-0.3, -0.25) is 0 Å². The average Bonchev–Trinajstić information content (AvgIpc) is 3.32. The van der Waals surface area contributed by atoms with Crippen molar-refractivity contribution in [3.63, 3.8) is 0 Å². The molecule has 0 saturated carbocycles. The van der Waals surface area contributed by atoms with Crippen LogP contribution in [0.5, 0.6) is 5.75 Å². The van der Waals surface area contributed by atoms with Crippen molar-refractivity contribution in [2.24, 2.45) is 7.05 Å². The van der Waals surface area contributed by atoms with E-state index in [-0.39, 0.29) is 0 Å². The van der Waals surface area contributed by atoms with Crippen LogP contribution in [0.15, 0.2) is 53.9 Å². The lowest BCUT2D eigenvalue weighted by Gasteiger charge is -2.00. The fraction of sp³-hybridized carbons (Fsp3) is 0.0952. The lowest BCUT2D eigenvalue weighted by molar-refractivity contribution is 0.415. The summed E-state index contributed by atoms with van der Waals surface area (Å²) in [4.78, 5) is 9.33. The van der Waals surface area contributed by atoms with E-state index in [1.807, 2.05) is 71.6 Å². The van der Waals surface area contributed by atoms with Gasteiger partial charge in [-0.05, 0) is 35.9 Å². The Morgan fingerprint density at radius 2 is 1.93 bits per heavy atom. The molecule has 0 aliphatic rings. The van der Waals surface area contributed by atoms with Crippen molar-refractivity contribution in [2.45, 2.75) is 0 Å². The minimum atomic E-state index is 0.523. The van der Waals surface area contributed by atoms with Crippen LogP contribution in [0, 0.1) is 11.3 Å². The van der Waals surface area contributed by atoms with E-state index in [1.54, 1.807) is 7.11 Å². The van der Waals surface area contributed by atoms with Crippen LogP contribution in [-0.2, 0) is 7.05 Å². The molecule has 2 aromatic carbocycles. The van der Waals surface area contributed by atoms with E-state index >= 15 is 0 Å². The molecule has 2 heterocycles. The SMILES string of the molecule is COc1ccc(/C=C(\C#N)c2nc(-c3nc4ccccc4n3C)cs2)cc1. The van der Waals surface area contributed by atoms with Crippen molar-refractivity contribution < 1.29 is 4.74 Å². The van der Waals surface area contributed by atoms with Gasteiger partial charge in [0.25, 0.3) is 0 Å². The normalized spacial score (nSPS) is 11.5. The first-order valence-corrected chi connectivity index (χ1v) is 9.21. The summed E-state index contributed by atoms with van der Waals surface area (Å²) in [6.07, 6.45) is 1.83. The predicted octanol–water partition coefficient (Wildman–Crippen LogP) is 4.77. The zero-order valence-electron chi connectivity index (χ0n) is 14.9. The number of para-hydroxylation sites is 2. The van der Waals surface area contributed by atoms with Gasteiger partial charge < -0.3 is 9.30 Å². The number of aromatic nitrogens is 3. The zero-order valence-corrected chi connectivity index (χ0v) is 15.7. The molecule has 0 fully saturated rings. The van der Waals surface area contributed by atoms with E-state index in [4.69, 9.17) is 4.74 Å². The molecule has 4 aromatic rings. The molecule has 0 N–H and O–H groups in total. The summed E-state index contributed by atoms with van der Waals surface area (Å²) in [5, 5.41) is 12.2. The molecule has 2 aromatic heterocycles. The molecule has 0 amide bonds. The van der Waals surface area contributed by atoms with E-state index in [9.17, 15) is 5.26 Å². The Hall–Kier alpha value is -3.43. The summed E-state index contributed by atoms with van der Waals surface area (Å²) in [6.45, 7) is 0. The number of hydrogen-bond acceptors (Lipinski definition) is 5. The molecule has 132 valence electrons. The maximum absolute atomic E-state index is 9.59. The Morgan fingerprint density at radius 1 is 1.15 bits per heavy atom. The summed E-state index contributed by atoms with van der Waals surface area (Å²) >= 11 is 1.44. The molecule has 6 heteroatoms. The Morgan fingerprint density at radius 3 is 2.63 bits per heavy atom. The van der Waals surface area contributed by atoms with Crippen LogP contribution in [0.25, 0.3) is 34.2 Å². The molecule has 0 saturated heterocycles. The molecule has 5 nitrogen and oxygen atoms in total. The number of methoxy groups -OCH3 is 1. The highest BCUT2D eigenvalue weighted by Crippen LogP contribution is 2.28. The average molecular weight is 372 g/mol. The Labute approximate surface area is 160 Å². The van der Waals surface area contributed by atoms with Crippen LogP contribution in [0.2, 0.25) is 0 Å². The molecule has 0 spiro atoms. The molecule has 0 bridgehead atoms. The first-order valence-electron chi connectivity index (χ1n) is 8.33. The highest BCUT2D eigenvalue weighted by atomic mass is 32.1.